The van der Waals surface area contributed by atoms with Crippen LogP contribution in [0.5, 0.6) is 0 Å². The summed E-state index contributed by atoms with van der Waals surface area (Å²) >= 11 is 0.468. The summed E-state index contributed by atoms with van der Waals surface area (Å²) < 4.78 is 4.77. The van der Waals surface area contributed by atoms with Gasteiger partial charge in [-0.1, -0.05) is 0 Å². The molecule has 2 aromatic carbocycles. The van der Waals surface area contributed by atoms with Gasteiger partial charge in [-0.15, -0.1) is 0 Å². The molecule has 0 N–H and O–H groups in total. The number of rotatable bonds is 2. The first-order valence-electron chi connectivity index (χ1n) is 10.6. The van der Waals surface area contributed by atoms with Crippen molar-refractivity contribution >= 4 is 97.4 Å². The van der Waals surface area contributed by atoms with E-state index in [1.54, 1.807) is 0 Å². The van der Waals surface area contributed by atoms with E-state index < -0.39 is 0 Å². The molecule has 3 aromatic heterocycles. The Balaban J connectivity index is 1.30. The van der Waals surface area contributed by atoms with Gasteiger partial charge in [-0.3, -0.25) is 0 Å². The number of hydrogen-bond acceptors (Lipinski definition) is 4. The van der Waals surface area contributed by atoms with Gasteiger partial charge < -0.3 is 0 Å². The predicted molar refractivity (Wildman–Crippen MR) is 138 cm³/mol. The third-order valence-corrected chi connectivity index (χ3v) is 12.1. The second-order valence-corrected chi connectivity index (χ2v) is 14.1. The van der Waals surface area contributed by atoms with Gasteiger partial charge in [0.25, 0.3) is 0 Å². The van der Waals surface area contributed by atoms with E-state index in [-0.39, 0.29) is 46.6 Å². The maximum atomic E-state index is 13.1. The normalized spacial score (nSPS) is 14.4. The molecule has 0 spiro atoms. The summed E-state index contributed by atoms with van der Waals surface area (Å²) in [4.78, 5) is 37.6. The Hall–Kier alpha value is -2.75. The van der Waals surface area contributed by atoms with Gasteiger partial charge in [-0.2, -0.15) is 0 Å². The first-order valence-corrected chi connectivity index (χ1v) is 16.0. The second-order valence-electron chi connectivity index (χ2n) is 8.02. The van der Waals surface area contributed by atoms with E-state index in [9.17, 15) is 9.59 Å². The van der Waals surface area contributed by atoms with Crippen LogP contribution in [0, 0.1) is 0 Å². The van der Waals surface area contributed by atoms with Crippen molar-refractivity contribution in [3.63, 3.8) is 0 Å². The second kappa shape index (κ2) is 7.90. The summed E-state index contributed by atoms with van der Waals surface area (Å²) in [7, 11) is 0. The van der Waals surface area contributed by atoms with E-state index >= 15 is 0 Å². The van der Waals surface area contributed by atoms with E-state index in [1.165, 1.54) is 14.6 Å². The molecule has 2 aliphatic rings. The molecule has 5 aromatic rings. The van der Waals surface area contributed by atoms with E-state index in [0.29, 0.717) is 25.6 Å². The van der Waals surface area contributed by atoms with E-state index in [4.69, 9.17) is 4.98 Å². The minimum atomic E-state index is -0.154. The number of aromatic nitrogens is 1. The van der Waals surface area contributed by atoms with Crippen LogP contribution >= 0.6 is 0 Å². The Morgan fingerprint density at radius 3 is 2.35 bits per heavy atom. The number of allylic oxidation sites excluding steroid dienone is 1. The van der Waals surface area contributed by atoms with Gasteiger partial charge in [-0.05, 0) is 0 Å². The number of benzene rings is 2. The Morgan fingerprint density at radius 1 is 0.824 bits per heavy atom. The summed E-state index contributed by atoms with van der Waals surface area (Å²) in [5.41, 5.74) is 2.55. The van der Waals surface area contributed by atoms with Crippen LogP contribution in [0.2, 0.25) is 0 Å². The molecule has 1 aliphatic heterocycles. The number of anilines is 3. The summed E-state index contributed by atoms with van der Waals surface area (Å²) in [6.45, 7) is 0. The van der Waals surface area contributed by atoms with Crippen LogP contribution in [0.1, 0.15) is 25.2 Å². The van der Waals surface area contributed by atoms with E-state index in [0.717, 1.165) is 25.6 Å². The first-order chi connectivity index (χ1) is 16.7. The van der Waals surface area contributed by atoms with Crippen molar-refractivity contribution in [2.45, 2.75) is 0 Å². The molecule has 0 radical (unpaired) electrons. The molecule has 1 aliphatic carbocycles. The minimum absolute atomic E-state index is 0.0551. The van der Waals surface area contributed by atoms with Gasteiger partial charge in [0, 0.05) is 0 Å². The molecule has 0 saturated carbocycles. The molecule has 7 rings (SSSR count). The Bertz CT molecular complexity index is 1600. The number of ketones is 2. The molecule has 0 atom stereocenters. The van der Waals surface area contributed by atoms with Gasteiger partial charge >= 0.3 is 215 Å². The fourth-order valence-corrected chi connectivity index (χ4v) is 10.2. The molecule has 0 fully saturated rings. The van der Waals surface area contributed by atoms with Gasteiger partial charge in [0.1, 0.15) is 0 Å². The summed E-state index contributed by atoms with van der Waals surface area (Å²) in [6, 6.07) is 20.6. The number of nitrogens with zero attached hydrogens (tertiary/aromatic N) is 2. The molecule has 4 heterocycles. The molecule has 0 amide bonds. The summed E-state index contributed by atoms with van der Waals surface area (Å²) in [6.07, 6.45) is 3.66. The number of pyridine rings is 1. The number of carbonyl (C=O) groups excluding carboxylic acids is 2. The predicted octanol–water partition coefficient (Wildman–Crippen LogP) is 3.25. The van der Waals surface area contributed by atoms with Gasteiger partial charge in [0.05, 0.1) is 0 Å². The monoisotopic (exact) mass is 638 g/mol. The van der Waals surface area contributed by atoms with Crippen LogP contribution in [0.3, 0.4) is 0 Å². The maximum absolute atomic E-state index is 13.1. The van der Waals surface area contributed by atoms with E-state index in [1.807, 2.05) is 36.5 Å². The molecule has 0 saturated heterocycles. The quantitative estimate of drug-likeness (QED) is 0.167. The van der Waals surface area contributed by atoms with Crippen LogP contribution in [-0.2, 0) is 0 Å². The van der Waals surface area contributed by atoms with Crippen molar-refractivity contribution in [3.05, 3.63) is 97.9 Å². The fourth-order valence-electron chi connectivity index (χ4n) is 4.41. The number of fused-ring (bicyclic) bond motifs is 4. The third kappa shape index (κ3) is 3.14. The van der Waals surface area contributed by atoms with Crippen molar-refractivity contribution in [1.82, 2.24) is 4.98 Å². The molecule has 162 valence electrons. The van der Waals surface area contributed by atoms with Gasteiger partial charge in [-0.25, -0.2) is 0 Å². The number of carbonyl (C=O) groups is 2. The van der Waals surface area contributed by atoms with Gasteiger partial charge in [0.2, 0.25) is 0 Å². The molecule has 0 unspecified atom stereocenters. The van der Waals surface area contributed by atoms with Crippen LogP contribution in [0.25, 0.3) is 16.8 Å². The number of hydrogen-bond donors (Lipinski definition) is 0. The topological polar surface area (TPSA) is 50.3 Å². The van der Waals surface area contributed by atoms with Crippen molar-refractivity contribution < 1.29 is 9.59 Å². The standard InChI is InChI=1S/C27H14N2O2Se3/c30-25-18-10-15-13-32-14-16(15)11-19(18)26(31)20(25)12-17-7-8-24(33-17)29-21-4-1-2-5-22(21)34-23-6-3-9-28-27(23)29/h1-14H. The Labute approximate surface area is 213 Å². The van der Waals surface area contributed by atoms with Crippen LogP contribution in [0.15, 0.2) is 82.3 Å². The Kier molecular flexibility index (Phi) is 4.79. The third-order valence-electron chi connectivity index (χ3n) is 6.00. The van der Waals surface area contributed by atoms with Crippen LogP contribution in [-0.4, -0.2) is 60.5 Å². The van der Waals surface area contributed by atoms with Crippen molar-refractivity contribution in [1.29, 1.82) is 0 Å². The van der Waals surface area contributed by atoms with Gasteiger partial charge in [0.15, 0.2) is 0 Å². The number of para-hydroxylation sites is 1. The van der Waals surface area contributed by atoms with Crippen LogP contribution < -0.4 is 13.8 Å². The number of Topliss-reactive ketones (excluding diaryl/α,β-unsaturated/α-hetero) is 2. The first kappa shape index (κ1) is 20.6. The molecule has 4 nitrogen and oxygen atoms in total. The average Bonchev–Trinajstić information content (AvgIpc) is 3.57. The van der Waals surface area contributed by atoms with Crippen LogP contribution in [0.4, 0.5) is 16.1 Å². The Morgan fingerprint density at radius 2 is 1.56 bits per heavy atom. The van der Waals surface area contributed by atoms with Crippen molar-refractivity contribution in [2.75, 3.05) is 4.90 Å². The summed E-state index contributed by atoms with van der Waals surface area (Å²) in [5.74, 6) is 0.679. The molecule has 0 bridgehead atoms. The molecule has 7 heteroatoms. The average molecular weight is 635 g/mol. The zero-order valence-corrected chi connectivity index (χ0v) is 22.7. The SMILES string of the molecule is O=C1C(=Cc2ccc(N3c4ccccc4[Se]c4cccnc43)[se]2)C(=O)c2cc3c[se]cc3cc21. The van der Waals surface area contributed by atoms with Crippen molar-refractivity contribution in [3.8, 4) is 0 Å². The molecular formula is C27H14N2O2Se3. The zero-order valence-electron chi connectivity index (χ0n) is 17.5. The fraction of sp³-hybridized carbons (Fsp3) is 0. The van der Waals surface area contributed by atoms with Crippen molar-refractivity contribution in [2.24, 2.45) is 0 Å². The molecular weight excluding hydrogens is 621 g/mol. The molecule has 34 heavy (non-hydrogen) atoms. The summed E-state index contributed by atoms with van der Waals surface area (Å²) in [5, 5.41) is 2.15. The van der Waals surface area contributed by atoms with E-state index in [2.05, 4.69) is 51.2 Å². The zero-order chi connectivity index (χ0) is 22.8.